The summed E-state index contributed by atoms with van der Waals surface area (Å²) in [6, 6.07) is 11.1. The molecule has 140 valence electrons. The Morgan fingerprint density at radius 3 is 2.67 bits per heavy atom. The lowest BCUT2D eigenvalue weighted by Crippen LogP contribution is -2.36. The number of carbonyl (C=O) groups is 2. The Balaban J connectivity index is 1.70. The molecule has 2 aromatic carbocycles. The summed E-state index contributed by atoms with van der Waals surface area (Å²) < 4.78 is 0. The van der Waals surface area contributed by atoms with Crippen LogP contribution in [-0.4, -0.2) is 28.5 Å². The van der Waals surface area contributed by atoms with Gasteiger partial charge in [0.05, 0.1) is 16.5 Å². The molecule has 0 saturated heterocycles. The van der Waals surface area contributed by atoms with Gasteiger partial charge >= 0.3 is 0 Å². The van der Waals surface area contributed by atoms with Crippen molar-refractivity contribution in [1.82, 2.24) is 10.4 Å². The zero-order valence-electron chi connectivity index (χ0n) is 14.4. The molecule has 0 spiro atoms. The number of halogens is 2. The van der Waals surface area contributed by atoms with E-state index in [1.807, 2.05) is 23.1 Å². The van der Waals surface area contributed by atoms with Crippen LogP contribution in [0, 0.1) is 0 Å². The Bertz CT molecular complexity index is 912. The van der Waals surface area contributed by atoms with Crippen molar-refractivity contribution >= 4 is 41.1 Å². The van der Waals surface area contributed by atoms with Gasteiger partial charge in [0.1, 0.15) is 0 Å². The average Bonchev–Trinajstić information content (AvgIpc) is 2.68. The van der Waals surface area contributed by atoms with Gasteiger partial charge in [0.25, 0.3) is 5.91 Å². The Morgan fingerprint density at radius 1 is 1.11 bits per heavy atom. The van der Waals surface area contributed by atoms with Crippen LogP contribution in [0.1, 0.15) is 22.3 Å². The zero-order valence-corrected chi connectivity index (χ0v) is 15.9. The Hall–Kier alpha value is -2.34. The van der Waals surface area contributed by atoms with Crippen molar-refractivity contribution in [2.24, 2.45) is 0 Å². The van der Waals surface area contributed by atoms with E-state index < -0.39 is 5.91 Å². The Labute approximate surface area is 167 Å². The average molecular weight is 405 g/mol. The minimum Gasteiger partial charge on any atom is -0.338 e. The third kappa shape index (κ3) is 4.89. The molecule has 0 fully saturated rings. The molecule has 5 nitrogen and oxygen atoms in total. The summed E-state index contributed by atoms with van der Waals surface area (Å²) in [6.45, 7) is 1.18. The molecule has 1 aliphatic rings. The number of nitrogens with zero attached hydrogens (tertiary/aromatic N) is 1. The summed E-state index contributed by atoms with van der Waals surface area (Å²) in [7, 11) is 0. The van der Waals surface area contributed by atoms with Crippen molar-refractivity contribution in [3.63, 3.8) is 0 Å². The number of rotatable bonds is 4. The molecular formula is C20H18Cl2N2O3. The van der Waals surface area contributed by atoms with Crippen LogP contribution in [-0.2, 0) is 29.0 Å². The second-order valence-electron chi connectivity index (χ2n) is 6.33. The van der Waals surface area contributed by atoms with Crippen LogP contribution in [0.5, 0.6) is 0 Å². The van der Waals surface area contributed by atoms with Gasteiger partial charge in [-0.25, -0.2) is 5.48 Å². The standard InChI is InChI=1S/C20H18Cl2N2O3/c21-17-5-2-14(10-18(17)22)11-20(26)24-8-7-15-4-1-13(9-16(15)12-24)3-6-19(25)23-27/h1-6,9-10,27H,7-8,11-12H2,(H,23,25)/b6-3+. The fourth-order valence-corrected chi connectivity index (χ4v) is 3.36. The maximum absolute atomic E-state index is 12.7. The van der Waals surface area contributed by atoms with Crippen LogP contribution in [0.3, 0.4) is 0 Å². The van der Waals surface area contributed by atoms with Crippen LogP contribution in [0.15, 0.2) is 42.5 Å². The maximum Gasteiger partial charge on any atom is 0.267 e. The first-order valence-electron chi connectivity index (χ1n) is 8.42. The molecule has 27 heavy (non-hydrogen) atoms. The minimum atomic E-state index is -0.592. The van der Waals surface area contributed by atoms with Gasteiger partial charge in [0.2, 0.25) is 5.91 Å². The van der Waals surface area contributed by atoms with Crippen molar-refractivity contribution in [2.75, 3.05) is 6.54 Å². The SMILES string of the molecule is O=C(/C=C/c1ccc2c(c1)CN(C(=O)Cc1ccc(Cl)c(Cl)c1)CC2)NO. The molecule has 0 saturated carbocycles. The van der Waals surface area contributed by atoms with E-state index in [2.05, 4.69) is 0 Å². The van der Waals surface area contributed by atoms with Crippen molar-refractivity contribution in [1.29, 1.82) is 0 Å². The Kier molecular flexibility index (Phi) is 6.16. The van der Waals surface area contributed by atoms with Crippen LogP contribution in [0.4, 0.5) is 0 Å². The monoisotopic (exact) mass is 404 g/mol. The number of hydrogen-bond donors (Lipinski definition) is 2. The highest BCUT2D eigenvalue weighted by atomic mass is 35.5. The van der Waals surface area contributed by atoms with Gasteiger partial charge in [-0.3, -0.25) is 14.8 Å². The molecule has 0 bridgehead atoms. The quantitative estimate of drug-likeness (QED) is 0.464. The fraction of sp³-hybridized carbons (Fsp3) is 0.200. The van der Waals surface area contributed by atoms with Crippen molar-refractivity contribution in [3.05, 3.63) is 74.8 Å². The van der Waals surface area contributed by atoms with Crippen LogP contribution in [0.25, 0.3) is 6.08 Å². The normalized spacial score (nSPS) is 13.5. The third-order valence-corrected chi connectivity index (χ3v) is 5.21. The molecule has 1 aliphatic heterocycles. The molecule has 0 aromatic heterocycles. The van der Waals surface area contributed by atoms with E-state index in [0.717, 1.165) is 23.1 Å². The predicted molar refractivity (Wildman–Crippen MR) is 105 cm³/mol. The van der Waals surface area contributed by atoms with E-state index >= 15 is 0 Å². The molecule has 0 radical (unpaired) electrons. The smallest absolute Gasteiger partial charge is 0.267 e. The molecule has 7 heteroatoms. The topological polar surface area (TPSA) is 69.6 Å². The van der Waals surface area contributed by atoms with Gasteiger partial charge in [0, 0.05) is 19.2 Å². The summed E-state index contributed by atoms with van der Waals surface area (Å²) in [5.74, 6) is -0.564. The van der Waals surface area contributed by atoms with Crippen molar-refractivity contribution in [3.8, 4) is 0 Å². The molecule has 0 atom stereocenters. The summed E-state index contributed by atoms with van der Waals surface area (Å²) in [5.41, 5.74) is 5.45. The summed E-state index contributed by atoms with van der Waals surface area (Å²) in [5, 5.41) is 9.45. The maximum atomic E-state index is 12.7. The summed E-state index contributed by atoms with van der Waals surface area (Å²) in [6.07, 6.45) is 3.91. The van der Waals surface area contributed by atoms with E-state index in [4.69, 9.17) is 28.4 Å². The second-order valence-corrected chi connectivity index (χ2v) is 7.14. The zero-order chi connectivity index (χ0) is 19.4. The number of nitrogens with one attached hydrogen (secondary N) is 1. The van der Waals surface area contributed by atoms with Gasteiger partial charge in [-0.05, 0) is 52.9 Å². The predicted octanol–water partition coefficient (Wildman–Crippen LogP) is 3.64. The second kappa shape index (κ2) is 8.57. The van der Waals surface area contributed by atoms with Crippen LogP contribution < -0.4 is 5.48 Å². The van der Waals surface area contributed by atoms with Gasteiger partial charge in [-0.1, -0.05) is 41.4 Å². The van der Waals surface area contributed by atoms with E-state index in [9.17, 15) is 9.59 Å². The number of fused-ring (bicyclic) bond motifs is 1. The molecule has 0 aliphatic carbocycles. The summed E-state index contributed by atoms with van der Waals surface area (Å²) in [4.78, 5) is 25.6. The largest absolute Gasteiger partial charge is 0.338 e. The molecule has 0 unspecified atom stereocenters. The van der Waals surface area contributed by atoms with Gasteiger partial charge < -0.3 is 4.90 Å². The minimum absolute atomic E-state index is 0.0274. The first-order chi connectivity index (χ1) is 13.0. The fourth-order valence-electron chi connectivity index (χ4n) is 3.04. The van der Waals surface area contributed by atoms with Crippen molar-refractivity contribution < 1.29 is 14.8 Å². The highest BCUT2D eigenvalue weighted by molar-refractivity contribution is 6.42. The Morgan fingerprint density at radius 2 is 1.93 bits per heavy atom. The molecule has 2 N–H and O–H groups in total. The van der Waals surface area contributed by atoms with Crippen LogP contribution >= 0.6 is 23.2 Å². The molecule has 2 aromatic rings. The first-order valence-corrected chi connectivity index (χ1v) is 9.17. The highest BCUT2D eigenvalue weighted by Gasteiger charge is 2.21. The molecule has 3 rings (SSSR count). The van der Waals surface area contributed by atoms with Crippen molar-refractivity contribution in [2.45, 2.75) is 19.4 Å². The molecular weight excluding hydrogens is 387 g/mol. The lowest BCUT2D eigenvalue weighted by Gasteiger charge is -2.29. The lowest BCUT2D eigenvalue weighted by atomic mass is 9.96. The first kappa shape index (κ1) is 19.4. The summed E-state index contributed by atoms with van der Waals surface area (Å²) >= 11 is 11.9. The van der Waals surface area contributed by atoms with E-state index in [-0.39, 0.29) is 12.3 Å². The van der Waals surface area contributed by atoms with Gasteiger partial charge in [0.15, 0.2) is 0 Å². The van der Waals surface area contributed by atoms with E-state index in [0.29, 0.717) is 23.1 Å². The third-order valence-electron chi connectivity index (χ3n) is 4.47. The lowest BCUT2D eigenvalue weighted by molar-refractivity contribution is -0.131. The number of benzene rings is 2. The van der Waals surface area contributed by atoms with Gasteiger partial charge in [-0.2, -0.15) is 0 Å². The number of amides is 2. The van der Waals surface area contributed by atoms with E-state index in [1.165, 1.54) is 11.6 Å². The van der Waals surface area contributed by atoms with E-state index in [1.54, 1.807) is 29.8 Å². The number of carbonyl (C=O) groups excluding carboxylic acids is 2. The highest BCUT2D eigenvalue weighted by Crippen LogP contribution is 2.25. The van der Waals surface area contributed by atoms with Crippen LogP contribution in [0.2, 0.25) is 10.0 Å². The molecule has 2 amide bonds. The number of hydroxylamine groups is 1. The van der Waals surface area contributed by atoms with Gasteiger partial charge in [-0.15, -0.1) is 0 Å². The molecule has 1 heterocycles. The number of hydrogen-bond acceptors (Lipinski definition) is 3.